The summed E-state index contributed by atoms with van der Waals surface area (Å²) in [5, 5.41) is 11.4. The topological polar surface area (TPSA) is 54.3 Å². The number of nitrogens with zero attached hydrogens (tertiary/aromatic N) is 1. The van der Waals surface area contributed by atoms with Gasteiger partial charge in [-0.25, -0.2) is 0 Å². The molecule has 0 spiro atoms. The normalized spacial score (nSPS) is 12.5. The number of hydrogen-bond acceptors (Lipinski definition) is 2. The van der Waals surface area contributed by atoms with Gasteiger partial charge in [0.1, 0.15) is 0 Å². The van der Waals surface area contributed by atoms with E-state index in [1.807, 2.05) is 7.05 Å². The van der Waals surface area contributed by atoms with E-state index >= 15 is 0 Å². The highest BCUT2D eigenvalue weighted by Gasteiger charge is 2.08. The van der Waals surface area contributed by atoms with E-state index in [0.717, 1.165) is 0 Å². The maximum Gasteiger partial charge on any atom is 0.253 e. The average molecular weight is 182 g/mol. The molecule has 1 heterocycles. The van der Waals surface area contributed by atoms with E-state index < -0.39 is 0 Å². The SMILES string of the molecule is CC(CO)NC(=O)c1ccn(C)c1. The predicted molar refractivity (Wildman–Crippen MR) is 49.4 cm³/mol. The average Bonchev–Trinajstić information content (AvgIpc) is 2.51. The van der Waals surface area contributed by atoms with E-state index in [1.54, 1.807) is 30.0 Å². The van der Waals surface area contributed by atoms with Crippen molar-refractivity contribution in [1.29, 1.82) is 0 Å². The molecule has 13 heavy (non-hydrogen) atoms. The molecular formula is C9H14N2O2. The van der Waals surface area contributed by atoms with Gasteiger partial charge in [0.15, 0.2) is 0 Å². The first-order valence-corrected chi connectivity index (χ1v) is 4.17. The summed E-state index contributed by atoms with van der Waals surface area (Å²) < 4.78 is 1.80. The van der Waals surface area contributed by atoms with Gasteiger partial charge in [0, 0.05) is 25.5 Å². The van der Waals surface area contributed by atoms with E-state index in [0.29, 0.717) is 5.56 Å². The molecule has 1 aromatic heterocycles. The van der Waals surface area contributed by atoms with E-state index in [1.165, 1.54) is 0 Å². The van der Waals surface area contributed by atoms with Crippen molar-refractivity contribution in [2.24, 2.45) is 7.05 Å². The van der Waals surface area contributed by atoms with Gasteiger partial charge in [-0.1, -0.05) is 0 Å². The van der Waals surface area contributed by atoms with E-state index in [-0.39, 0.29) is 18.6 Å². The standard InChI is InChI=1S/C9H14N2O2/c1-7(6-12)10-9(13)8-3-4-11(2)5-8/h3-5,7,12H,6H2,1-2H3,(H,10,13). The molecule has 1 atom stereocenters. The van der Waals surface area contributed by atoms with Crippen LogP contribution < -0.4 is 5.32 Å². The number of aliphatic hydroxyl groups excluding tert-OH is 1. The van der Waals surface area contributed by atoms with Crippen LogP contribution in [0.15, 0.2) is 18.5 Å². The summed E-state index contributed by atoms with van der Waals surface area (Å²) in [5.41, 5.74) is 0.614. The van der Waals surface area contributed by atoms with E-state index in [2.05, 4.69) is 5.32 Å². The van der Waals surface area contributed by atoms with Crippen LogP contribution in [-0.4, -0.2) is 28.2 Å². The maximum atomic E-state index is 11.4. The van der Waals surface area contributed by atoms with Crippen LogP contribution >= 0.6 is 0 Å². The fourth-order valence-corrected chi connectivity index (χ4v) is 0.990. The molecule has 0 aliphatic carbocycles. The van der Waals surface area contributed by atoms with Gasteiger partial charge in [-0.05, 0) is 13.0 Å². The lowest BCUT2D eigenvalue weighted by atomic mass is 10.3. The molecule has 0 fully saturated rings. The second-order valence-electron chi connectivity index (χ2n) is 3.12. The summed E-state index contributed by atoms with van der Waals surface area (Å²) in [6.45, 7) is 1.71. The molecular weight excluding hydrogens is 168 g/mol. The summed E-state index contributed by atoms with van der Waals surface area (Å²) in [4.78, 5) is 11.4. The fraction of sp³-hybridized carbons (Fsp3) is 0.444. The Morgan fingerprint density at radius 2 is 2.46 bits per heavy atom. The smallest absolute Gasteiger partial charge is 0.253 e. The van der Waals surface area contributed by atoms with Gasteiger partial charge in [-0.2, -0.15) is 0 Å². The molecule has 0 bridgehead atoms. The second-order valence-corrected chi connectivity index (χ2v) is 3.12. The van der Waals surface area contributed by atoms with Gasteiger partial charge in [-0.3, -0.25) is 4.79 Å². The van der Waals surface area contributed by atoms with Crippen LogP contribution in [-0.2, 0) is 7.05 Å². The van der Waals surface area contributed by atoms with E-state index in [4.69, 9.17) is 5.11 Å². The highest BCUT2D eigenvalue weighted by atomic mass is 16.3. The predicted octanol–water partition coefficient (Wildman–Crippen LogP) is 0.136. The van der Waals surface area contributed by atoms with Crippen molar-refractivity contribution >= 4 is 5.91 Å². The lowest BCUT2D eigenvalue weighted by molar-refractivity contribution is 0.0922. The van der Waals surface area contributed by atoms with Crippen molar-refractivity contribution in [2.45, 2.75) is 13.0 Å². The zero-order chi connectivity index (χ0) is 9.84. The van der Waals surface area contributed by atoms with Crippen molar-refractivity contribution < 1.29 is 9.90 Å². The molecule has 0 saturated carbocycles. The third-order valence-electron chi connectivity index (χ3n) is 1.75. The molecule has 2 N–H and O–H groups in total. The first-order valence-electron chi connectivity index (χ1n) is 4.17. The summed E-state index contributed by atoms with van der Waals surface area (Å²) in [7, 11) is 1.85. The highest BCUT2D eigenvalue weighted by Crippen LogP contribution is 1.99. The minimum atomic E-state index is -0.201. The molecule has 0 aromatic carbocycles. The molecule has 0 saturated heterocycles. The Labute approximate surface area is 77.2 Å². The molecule has 0 aliphatic heterocycles. The lowest BCUT2D eigenvalue weighted by Gasteiger charge is -2.09. The number of nitrogens with one attached hydrogen (secondary N) is 1. The first-order chi connectivity index (χ1) is 6.13. The minimum Gasteiger partial charge on any atom is -0.394 e. The number of carbonyl (C=O) groups excluding carboxylic acids is 1. The van der Waals surface area contributed by atoms with Crippen LogP contribution in [0.3, 0.4) is 0 Å². The van der Waals surface area contributed by atoms with Crippen molar-refractivity contribution in [2.75, 3.05) is 6.61 Å². The van der Waals surface area contributed by atoms with Crippen LogP contribution in [0.25, 0.3) is 0 Å². The molecule has 1 aromatic rings. The van der Waals surface area contributed by atoms with Crippen molar-refractivity contribution in [3.05, 3.63) is 24.0 Å². The molecule has 0 radical (unpaired) electrons. The molecule has 1 rings (SSSR count). The number of aryl methyl sites for hydroxylation is 1. The first kappa shape index (κ1) is 9.80. The summed E-state index contributed by atoms with van der Waals surface area (Å²) in [6.07, 6.45) is 3.54. The van der Waals surface area contributed by atoms with Crippen molar-refractivity contribution in [1.82, 2.24) is 9.88 Å². The van der Waals surface area contributed by atoms with Gasteiger partial charge >= 0.3 is 0 Å². The number of rotatable bonds is 3. The van der Waals surface area contributed by atoms with Crippen LogP contribution in [0.1, 0.15) is 17.3 Å². The van der Waals surface area contributed by atoms with Crippen LogP contribution in [0, 0.1) is 0 Å². The number of amides is 1. The number of aliphatic hydroxyl groups is 1. The molecule has 4 heteroatoms. The Morgan fingerprint density at radius 3 is 2.92 bits per heavy atom. The minimum absolute atomic E-state index is 0.0431. The Hall–Kier alpha value is -1.29. The lowest BCUT2D eigenvalue weighted by Crippen LogP contribution is -2.34. The monoisotopic (exact) mass is 182 g/mol. The zero-order valence-electron chi connectivity index (χ0n) is 7.82. The van der Waals surface area contributed by atoms with Crippen molar-refractivity contribution in [3.63, 3.8) is 0 Å². The second kappa shape index (κ2) is 4.09. The zero-order valence-corrected chi connectivity index (χ0v) is 7.82. The Bertz CT molecular complexity index is 294. The molecule has 0 aliphatic rings. The Balaban J connectivity index is 2.58. The van der Waals surface area contributed by atoms with Gasteiger partial charge in [0.25, 0.3) is 5.91 Å². The van der Waals surface area contributed by atoms with Crippen LogP contribution in [0.5, 0.6) is 0 Å². The van der Waals surface area contributed by atoms with Crippen LogP contribution in [0.2, 0.25) is 0 Å². The fourth-order valence-electron chi connectivity index (χ4n) is 0.990. The largest absolute Gasteiger partial charge is 0.394 e. The third-order valence-corrected chi connectivity index (χ3v) is 1.75. The summed E-state index contributed by atoms with van der Waals surface area (Å²) >= 11 is 0. The van der Waals surface area contributed by atoms with Gasteiger partial charge < -0.3 is 15.0 Å². The number of carbonyl (C=O) groups is 1. The van der Waals surface area contributed by atoms with E-state index in [9.17, 15) is 4.79 Å². The summed E-state index contributed by atoms with van der Waals surface area (Å²) in [6, 6.07) is 1.53. The molecule has 4 nitrogen and oxygen atoms in total. The number of aromatic nitrogens is 1. The molecule has 72 valence electrons. The van der Waals surface area contributed by atoms with Gasteiger partial charge in [0.05, 0.1) is 12.2 Å². The number of hydrogen-bond donors (Lipinski definition) is 2. The summed E-state index contributed by atoms with van der Waals surface area (Å²) in [5.74, 6) is -0.151. The Morgan fingerprint density at radius 1 is 1.77 bits per heavy atom. The van der Waals surface area contributed by atoms with Crippen LogP contribution in [0.4, 0.5) is 0 Å². The third kappa shape index (κ3) is 2.59. The molecule has 1 amide bonds. The Kier molecular flexibility index (Phi) is 3.08. The molecule has 1 unspecified atom stereocenters. The van der Waals surface area contributed by atoms with Crippen molar-refractivity contribution in [3.8, 4) is 0 Å². The quantitative estimate of drug-likeness (QED) is 0.698. The maximum absolute atomic E-state index is 11.4. The highest BCUT2D eigenvalue weighted by molar-refractivity contribution is 5.94. The van der Waals surface area contributed by atoms with Gasteiger partial charge in [0.2, 0.25) is 0 Å². The van der Waals surface area contributed by atoms with Gasteiger partial charge in [-0.15, -0.1) is 0 Å².